The third-order valence-corrected chi connectivity index (χ3v) is 4.50. The third-order valence-electron chi connectivity index (χ3n) is 4.50. The van der Waals surface area contributed by atoms with E-state index in [2.05, 4.69) is 21.8 Å². The molecule has 0 radical (unpaired) electrons. The summed E-state index contributed by atoms with van der Waals surface area (Å²) in [7, 11) is 1.73. The van der Waals surface area contributed by atoms with E-state index in [4.69, 9.17) is 9.31 Å². The maximum atomic E-state index is 6.15. The van der Waals surface area contributed by atoms with Gasteiger partial charge in [0.1, 0.15) is 11.5 Å². The molecule has 26 heavy (non-hydrogen) atoms. The largest absolute Gasteiger partial charge is 0.710 e. The van der Waals surface area contributed by atoms with Gasteiger partial charge in [-0.1, -0.05) is 66.7 Å². The summed E-state index contributed by atoms with van der Waals surface area (Å²) < 4.78 is 16.8. The Kier molecular flexibility index (Phi) is 4.46. The van der Waals surface area contributed by atoms with Crippen LogP contribution < -0.4 is 14.8 Å². The number of benzene rings is 3. The first-order chi connectivity index (χ1) is 12.8. The van der Waals surface area contributed by atoms with E-state index in [-0.39, 0.29) is 0 Å². The summed E-state index contributed by atoms with van der Waals surface area (Å²) in [5, 5.41) is 0. The molecule has 0 fully saturated rings. The number of aliphatic hydroxyl groups is 1. The summed E-state index contributed by atoms with van der Waals surface area (Å²) in [4.78, 5) is 4.59. The average molecular weight is 345 g/mol. The van der Waals surface area contributed by atoms with Gasteiger partial charge in [0.05, 0.1) is 13.7 Å². The molecule has 4 nitrogen and oxygen atoms in total. The first-order valence-corrected chi connectivity index (χ1v) is 8.66. The molecule has 5 heteroatoms. The molecule has 130 valence electrons. The highest BCUT2D eigenvalue weighted by Gasteiger charge is 2.50. The second kappa shape index (κ2) is 7.06. The lowest BCUT2D eigenvalue weighted by Gasteiger charge is -2.29. The molecule has 0 aliphatic carbocycles. The summed E-state index contributed by atoms with van der Waals surface area (Å²) in [6, 6.07) is 25.8. The molecule has 0 atom stereocenters. The van der Waals surface area contributed by atoms with Gasteiger partial charge in [0.2, 0.25) is 0 Å². The third kappa shape index (κ3) is 3.09. The van der Waals surface area contributed by atoms with Crippen molar-refractivity contribution < 1.29 is 14.0 Å². The lowest BCUT2D eigenvalue weighted by Crippen LogP contribution is -2.62. The quantitative estimate of drug-likeness (QED) is 0.405. The van der Waals surface area contributed by atoms with E-state index in [1.54, 1.807) is 7.11 Å². The van der Waals surface area contributed by atoms with E-state index in [1.165, 1.54) is 5.56 Å². The monoisotopic (exact) mass is 345 g/mol. The summed E-state index contributed by atoms with van der Waals surface area (Å²) >= 11 is 0. The Bertz CT molecular complexity index is 902. The fourth-order valence-corrected chi connectivity index (χ4v) is 3.18. The second-order valence-corrected chi connectivity index (χ2v) is 6.20. The lowest BCUT2D eigenvalue weighted by molar-refractivity contribution is 0.111. The molecule has 0 unspecified atom stereocenters. The van der Waals surface area contributed by atoms with Gasteiger partial charge in [-0.05, 0) is 28.7 Å². The minimum absolute atomic E-state index is 0.625. The molecule has 0 saturated carbocycles. The van der Waals surface area contributed by atoms with Crippen molar-refractivity contribution in [3.05, 3.63) is 90.0 Å². The maximum absolute atomic E-state index is 6.15. The van der Waals surface area contributed by atoms with Crippen LogP contribution in [0.4, 0.5) is 0 Å². The summed E-state index contributed by atoms with van der Waals surface area (Å²) in [5.41, 5.74) is 3.01. The van der Waals surface area contributed by atoms with E-state index >= 15 is 0 Å². The number of para-hydroxylation sites is 2. The summed E-state index contributed by atoms with van der Waals surface area (Å²) in [6.45, 7) is -1.34. The van der Waals surface area contributed by atoms with Crippen LogP contribution in [0.3, 0.4) is 0 Å². The van der Waals surface area contributed by atoms with Crippen LogP contribution in [0.25, 0.3) is 0 Å². The Morgan fingerprint density at radius 1 is 0.846 bits per heavy atom. The van der Waals surface area contributed by atoms with Crippen molar-refractivity contribution in [1.82, 2.24) is 0 Å². The number of hydrogen-bond acceptors (Lipinski definition) is 3. The van der Waals surface area contributed by atoms with Gasteiger partial charge in [-0.15, -0.1) is 0 Å². The van der Waals surface area contributed by atoms with Crippen LogP contribution in [-0.2, 0) is 6.54 Å². The Hall–Kier alpha value is -3.05. The van der Waals surface area contributed by atoms with Gasteiger partial charge in [0.25, 0.3) is 0 Å². The number of nitrogens with zero attached hydrogens (tertiary/aromatic N) is 1. The molecule has 1 heterocycles. The van der Waals surface area contributed by atoms with Gasteiger partial charge in [0, 0.05) is 6.21 Å². The lowest BCUT2D eigenvalue weighted by atomic mass is 9.67. The zero-order chi connectivity index (χ0) is 17.8. The Morgan fingerprint density at radius 3 is 2.15 bits per heavy atom. The van der Waals surface area contributed by atoms with E-state index in [0.717, 1.165) is 11.0 Å². The molecule has 0 aromatic heterocycles. The van der Waals surface area contributed by atoms with Gasteiger partial charge in [-0.3, -0.25) is 4.99 Å². The predicted molar refractivity (Wildman–Crippen MR) is 105 cm³/mol. The molecular weight excluding hydrogens is 325 g/mol. The van der Waals surface area contributed by atoms with Gasteiger partial charge in [-0.25, -0.2) is 0 Å². The predicted octanol–water partition coefficient (Wildman–Crippen LogP) is 3.08. The van der Waals surface area contributed by atoms with Gasteiger partial charge < -0.3 is 14.0 Å². The van der Waals surface area contributed by atoms with Gasteiger partial charge >= 0.3 is 6.75 Å². The van der Waals surface area contributed by atoms with Crippen LogP contribution in [-0.4, -0.2) is 24.7 Å². The number of fused-ring (bicyclic) bond motifs is 1. The van der Waals surface area contributed by atoms with Crippen molar-refractivity contribution in [1.29, 1.82) is 0 Å². The van der Waals surface area contributed by atoms with Crippen molar-refractivity contribution in [2.45, 2.75) is 6.54 Å². The molecule has 3 aromatic rings. The summed E-state index contributed by atoms with van der Waals surface area (Å²) in [5.74, 6) is 1.43. The SMILES string of the molecule is C[OH+][B-]1(c2ccccc2C=NCc2ccccc2)Oc2ccccc2O1. The van der Waals surface area contributed by atoms with Crippen molar-refractivity contribution in [2.75, 3.05) is 7.11 Å². The molecular formula is C21H20BNO3. The highest BCUT2D eigenvalue weighted by molar-refractivity contribution is 6.77. The van der Waals surface area contributed by atoms with Crippen molar-refractivity contribution >= 4 is 18.4 Å². The van der Waals surface area contributed by atoms with Gasteiger partial charge in [-0.2, -0.15) is 0 Å². The molecule has 4 rings (SSSR count). The molecule has 0 bridgehead atoms. The minimum Gasteiger partial charge on any atom is -0.608 e. The first kappa shape index (κ1) is 16.4. The standard InChI is InChI=1S/C21H20BNO3/c1-24-22(25-20-13-7-8-14-21(20)26-22)19-12-6-5-11-18(19)16-23-15-17-9-3-2-4-10-17/h2-14,16,24H,15H2,1H3. The molecule has 3 aromatic carbocycles. The van der Waals surface area contributed by atoms with E-state index in [1.807, 2.05) is 72.9 Å². The second-order valence-electron chi connectivity index (χ2n) is 6.20. The van der Waals surface area contributed by atoms with Crippen LogP contribution in [0.1, 0.15) is 11.1 Å². The van der Waals surface area contributed by atoms with Crippen LogP contribution >= 0.6 is 0 Å². The van der Waals surface area contributed by atoms with Crippen LogP contribution in [0, 0.1) is 0 Å². The normalized spacial score (nSPS) is 14.7. The molecule has 0 saturated heterocycles. The van der Waals surface area contributed by atoms with Crippen molar-refractivity contribution in [2.24, 2.45) is 4.99 Å². The maximum Gasteiger partial charge on any atom is 0.710 e. The Labute approximate surface area is 153 Å². The number of rotatable bonds is 5. The zero-order valence-corrected chi connectivity index (χ0v) is 14.6. The van der Waals surface area contributed by atoms with E-state index in [9.17, 15) is 0 Å². The first-order valence-electron chi connectivity index (χ1n) is 8.66. The summed E-state index contributed by atoms with van der Waals surface area (Å²) in [6.07, 6.45) is 1.87. The van der Waals surface area contributed by atoms with Crippen LogP contribution in [0.5, 0.6) is 11.5 Å². The van der Waals surface area contributed by atoms with Crippen LogP contribution in [0.15, 0.2) is 83.9 Å². The highest BCUT2D eigenvalue weighted by Crippen LogP contribution is 2.36. The van der Waals surface area contributed by atoms with Crippen LogP contribution in [0.2, 0.25) is 0 Å². The number of aliphatic imine (C=N–C) groups is 1. The molecule has 1 aliphatic heterocycles. The average Bonchev–Trinajstić information content (AvgIpc) is 3.09. The zero-order valence-electron chi connectivity index (χ0n) is 14.6. The fourth-order valence-electron chi connectivity index (χ4n) is 3.18. The molecule has 0 amide bonds. The smallest absolute Gasteiger partial charge is 0.608 e. The fraction of sp³-hybridized carbons (Fsp3) is 0.0952. The molecule has 0 spiro atoms. The van der Waals surface area contributed by atoms with Crippen molar-refractivity contribution in [3.63, 3.8) is 0 Å². The Balaban J connectivity index is 1.63. The van der Waals surface area contributed by atoms with E-state index in [0.29, 0.717) is 18.0 Å². The van der Waals surface area contributed by atoms with E-state index < -0.39 is 6.75 Å². The van der Waals surface area contributed by atoms with Gasteiger partial charge in [0.15, 0.2) is 0 Å². The molecule has 1 aliphatic rings. The highest BCUT2D eigenvalue weighted by atomic mass is 16.8. The minimum atomic E-state index is -1.97. The Morgan fingerprint density at radius 2 is 1.46 bits per heavy atom. The topological polar surface area (TPSA) is 43.6 Å². The molecule has 1 N–H and O–H groups in total. The van der Waals surface area contributed by atoms with Crippen molar-refractivity contribution in [3.8, 4) is 11.5 Å². The number of hydrogen-bond donors (Lipinski definition) is 0.